The number of nitro benzene ring substituents is 1. The van der Waals surface area contributed by atoms with Crippen molar-refractivity contribution >= 4 is 35.0 Å². The number of benzene rings is 1. The molecule has 1 aromatic rings. The molecule has 0 radical (unpaired) electrons. The molecule has 1 aromatic carbocycles. The minimum atomic E-state index is -0.927. The maximum Gasteiger partial charge on any atom is 0.287 e. The second-order valence-corrected chi connectivity index (χ2v) is 4.85. The van der Waals surface area contributed by atoms with Crippen LogP contribution in [0.15, 0.2) is 18.2 Å². The molecule has 8 nitrogen and oxygen atoms in total. The van der Waals surface area contributed by atoms with Crippen molar-refractivity contribution < 1.29 is 19.3 Å². The van der Waals surface area contributed by atoms with Gasteiger partial charge in [0.25, 0.3) is 17.5 Å². The predicted molar refractivity (Wildman–Crippen MR) is 71.8 cm³/mol. The Labute approximate surface area is 123 Å². The summed E-state index contributed by atoms with van der Waals surface area (Å²) in [6.45, 7) is 0. The number of imide groups is 1. The Morgan fingerprint density at radius 1 is 1.48 bits per heavy atom. The van der Waals surface area contributed by atoms with Crippen molar-refractivity contribution in [1.29, 1.82) is 0 Å². The molecule has 3 amide bonds. The van der Waals surface area contributed by atoms with Gasteiger partial charge in [0.1, 0.15) is 11.1 Å². The molecule has 110 valence electrons. The molecule has 0 saturated carbocycles. The summed E-state index contributed by atoms with van der Waals surface area (Å²) in [4.78, 5) is 45.9. The topological polar surface area (TPSA) is 110 Å². The van der Waals surface area contributed by atoms with Gasteiger partial charge in [0.2, 0.25) is 5.91 Å². The molecule has 0 bridgehead atoms. The molecule has 1 atom stereocenters. The first-order valence-corrected chi connectivity index (χ1v) is 6.24. The first kappa shape index (κ1) is 14.9. The van der Waals surface area contributed by atoms with Gasteiger partial charge < -0.3 is 5.32 Å². The summed E-state index contributed by atoms with van der Waals surface area (Å²) < 4.78 is 0. The summed E-state index contributed by atoms with van der Waals surface area (Å²) in [7, 11) is 1.33. The molecule has 21 heavy (non-hydrogen) atoms. The Morgan fingerprint density at radius 2 is 2.14 bits per heavy atom. The van der Waals surface area contributed by atoms with Gasteiger partial charge in [-0.2, -0.15) is 0 Å². The standard InChI is InChI=1S/C12H10ClN3O5/c1-15-10(17)5-8(12(15)19)14-11(18)6-2-3-9(16(20)21)7(13)4-6/h2-4,8H,5H2,1H3,(H,14,18). The van der Waals surface area contributed by atoms with E-state index in [0.717, 1.165) is 17.0 Å². The van der Waals surface area contributed by atoms with E-state index in [-0.39, 0.29) is 28.6 Å². The van der Waals surface area contributed by atoms with Crippen molar-refractivity contribution in [3.05, 3.63) is 38.9 Å². The number of likely N-dealkylation sites (N-methyl/N-ethyl adjacent to an activating group) is 1. The van der Waals surface area contributed by atoms with Crippen molar-refractivity contribution in [3.8, 4) is 0 Å². The smallest absolute Gasteiger partial charge is 0.287 e. The van der Waals surface area contributed by atoms with Crippen LogP contribution in [0.25, 0.3) is 0 Å². The van der Waals surface area contributed by atoms with E-state index in [1.165, 1.54) is 13.1 Å². The van der Waals surface area contributed by atoms with Gasteiger partial charge >= 0.3 is 0 Å². The molecule has 1 N–H and O–H groups in total. The van der Waals surface area contributed by atoms with Crippen LogP contribution in [0.2, 0.25) is 5.02 Å². The van der Waals surface area contributed by atoms with Crippen LogP contribution in [-0.2, 0) is 9.59 Å². The number of carbonyl (C=O) groups is 3. The molecule has 1 fully saturated rings. The maximum atomic E-state index is 12.0. The van der Waals surface area contributed by atoms with Gasteiger partial charge in [-0.1, -0.05) is 11.6 Å². The number of amides is 3. The Morgan fingerprint density at radius 3 is 2.62 bits per heavy atom. The third-order valence-corrected chi connectivity index (χ3v) is 3.40. The zero-order chi connectivity index (χ0) is 15.7. The van der Waals surface area contributed by atoms with Gasteiger partial charge in [-0.15, -0.1) is 0 Å². The molecule has 1 heterocycles. The summed E-state index contributed by atoms with van der Waals surface area (Å²) in [6, 6.07) is 2.54. The molecule has 1 aliphatic rings. The fourth-order valence-corrected chi connectivity index (χ4v) is 2.16. The molecule has 0 aromatic heterocycles. The van der Waals surface area contributed by atoms with Crippen LogP contribution in [0.4, 0.5) is 5.69 Å². The molecular formula is C12H10ClN3O5. The Bertz CT molecular complexity index is 660. The minimum absolute atomic E-state index is 0.0698. The van der Waals surface area contributed by atoms with Crippen LogP contribution in [0, 0.1) is 10.1 Å². The van der Waals surface area contributed by atoms with Crippen LogP contribution in [-0.4, -0.2) is 40.6 Å². The molecule has 1 saturated heterocycles. The van der Waals surface area contributed by atoms with Gasteiger partial charge in [-0.3, -0.25) is 29.4 Å². The molecule has 2 rings (SSSR count). The Hall–Kier alpha value is -2.48. The first-order chi connectivity index (χ1) is 9.81. The van der Waals surface area contributed by atoms with Crippen LogP contribution in [0.5, 0.6) is 0 Å². The highest BCUT2D eigenvalue weighted by atomic mass is 35.5. The van der Waals surface area contributed by atoms with Crippen LogP contribution >= 0.6 is 11.6 Å². The van der Waals surface area contributed by atoms with Crippen LogP contribution in [0.1, 0.15) is 16.8 Å². The van der Waals surface area contributed by atoms with Crippen LogP contribution in [0.3, 0.4) is 0 Å². The lowest BCUT2D eigenvalue weighted by Crippen LogP contribution is -2.40. The SMILES string of the molecule is CN1C(=O)CC(NC(=O)c2ccc([N+](=O)[O-])c(Cl)c2)C1=O. The average molecular weight is 312 g/mol. The maximum absolute atomic E-state index is 12.0. The van der Waals surface area contributed by atoms with Gasteiger partial charge in [-0.05, 0) is 12.1 Å². The van der Waals surface area contributed by atoms with Crippen molar-refractivity contribution in [1.82, 2.24) is 10.2 Å². The lowest BCUT2D eigenvalue weighted by Gasteiger charge is -2.11. The number of nitrogens with one attached hydrogen (secondary N) is 1. The number of rotatable bonds is 3. The normalized spacial score (nSPS) is 18.0. The highest BCUT2D eigenvalue weighted by Crippen LogP contribution is 2.25. The number of likely N-dealkylation sites (tertiary alicyclic amines) is 1. The quantitative estimate of drug-likeness (QED) is 0.503. The fourth-order valence-electron chi connectivity index (χ4n) is 1.91. The third kappa shape index (κ3) is 2.84. The second kappa shape index (κ2) is 5.49. The van der Waals surface area contributed by atoms with Gasteiger partial charge in [0, 0.05) is 18.7 Å². The molecule has 0 aliphatic carbocycles. The van der Waals surface area contributed by atoms with E-state index in [2.05, 4.69) is 5.32 Å². The van der Waals surface area contributed by atoms with Crippen molar-refractivity contribution in [2.45, 2.75) is 12.5 Å². The zero-order valence-electron chi connectivity index (χ0n) is 10.8. The first-order valence-electron chi connectivity index (χ1n) is 5.86. The number of halogens is 1. The summed E-state index contributed by atoms with van der Waals surface area (Å²) in [5.41, 5.74) is -0.250. The summed E-state index contributed by atoms with van der Waals surface area (Å²) >= 11 is 5.71. The van der Waals surface area contributed by atoms with Gasteiger partial charge in [-0.25, -0.2) is 0 Å². The van der Waals surface area contributed by atoms with E-state index >= 15 is 0 Å². The minimum Gasteiger partial charge on any atom is -0.340 e. The van der Waals surface area contributed by atoms with Crippen molar-refractivity contribution in [3.63, 3.8) is 0 Å². The lowest BCUT2D eigenvalue weighted by atomic mass is 10.1. The molecule has 9 heteroatoms. The summed E-state index contributed by atoms with van der Waals surface area (Å²) in [5.74, 6) is -1.51. The van der Waals surface area contributed by atoms with Crippen molar-refractivity contribution in [2.24, 2.45) is 0 Å². The van der Waals surface area contributed by atoms with Crippen LogP contribution < -0.4 is 5.32 Å². The second-order valence-electron chi connectivity index (χ2n) is 4.44. The van der Waals surface area contributed by atoms with E-state index in [9.17, 15) is 24.5 Å². The van der Waals surface area contributed by atoms with Crippen molar-refractivity contribution in [2.75, 3.05) is 7.05 Å². The number of nitrogens with zero attached hydrogens (tertiary/aromatic N) is 2. The van der Waals surface area contributed by atoms with E-state index in [1.807, 2.05) is 0 Å². The van der Waals surface area contributed by atoms with Gasteiger partial charge in [0.15, 0.2) is 0 Å². The monoisotopic (exact) mass is 311 g/mol. The lowest BCUT2D eigenvalue weighted by molar-refractivity contribution is -0.384. The molecule has 1 unspecified atom stereocenters. The van der Waals surface area contributed by atoms with E-state index in [0.29, 0.717) is 0 Å². The number of nitro groups is 1. The summed E-state index contributed by atoms with van der Waals surface area (Å²) in [6.07, 6.45) is -0.109. The molecular weight excluding hydrogens is 302 g/mol. The van der Waals surface area contributed by atoms with Gasteiger partial charge in [0.05, 0.1) is 11.3 Å². The largest absolute Gasteiger partial charge is 0.340 e. The third-order valence-electron chi connectivity index (χ3n) is 3.09. The Kier molecular flexibility index (Phi) is 3.90. The van der Waals surface area contributed by atoms with E-state index in [4.69, 9.17) is 11.6 Å². The molecule has 1 aliphatic heterocycles. The highest BCUT2D eigenvalue weighted by molar-refractivity contribution is 6.33. The fraction of sp³-hybridized carbons (Fsp3) is 0.250. The summed E-state index contributed by atoms with van der Waals surface area (Å²) in [5, 5.41) is 12.9. The number of hydrogen-bond acceptors (Lipinski definition) is 5. The predicted octanol–water partition coefficient (Wildman–Crippen LogP) is 0.735. The average Bonchev–Trinajstić information content (AvgIpc) is 2.65. The van der Waals surface area contributed by atoms with E-state index < -0.39 is 22.8 Å². The Balaban J connectivity index is 2.15. The van der Waals surface area contributed by atoms with E-state index in [1.54, 1.807) is 0 Å². The highest BCUT2D eigenvalue weighted by Gasteiger charge is 2.37. The number of carbonyl (C=O) groups excluding carboxylic acids is 3. The zero-order valence-corrected chi connectivity index (χ0v) is 11.6. The molecule has 0 spiro atoms. The number of hydrogen-bond donors (Lipinski definition) is 1.